The van der Waals surface area contributed by atoms with Crippen molar-refractivity contribution in [1.29, 1.82) is 0 Å². The Hall–Kier alpha value is -1.19. The summed E-state index contributed by atoms with van der Waals surface area (Å²) in [6.07, 6.45) is 5.58. The zero-order valence-electron chi connectivity index (χ0n) is 11.5. The fourth-order valence-corrected chi connectivity index (χ4v) is 3.67. The molecule has 0 saturated heterocycles. The number of para-hydroxylation sites is 1. The van der Waals surface area contributed by atoms with Crippen LogP contribution in [-0.4, -0.2) is 10.8 Å². The Bertz CT molecular complexity index is 601. The van der Waals surface area contributed by atoms with Crippen molar-refractivity contribution in [2.75, 3.05) is 6.26 Å². The molecule has 0 bridgehead atoms. The van der Waals surface area contributed by atoms with Gasteiger partial charge in [0.25, 0.3) is 0 Å². The maximum absolute atomic E-state index is 6.26. The fraction of sp³-hybridized carbons (Fsp3) is 0.375. The molecule has 1 atom stereocenters. The first-order valence-electron chi connectivity index (χ1n) is 6.82. The standard InChI is InChI=1S/C16H20N2S/c1-11-10-12-13(17)6-5-8-14(12)18(11)15-7-3-4-9-16(15)19-2/h3-4,7,9-10,13H,5-6,8,17H2,1-2H3. The second kappa shape index (κ2) is 5.06. The molecule has 3 rings (SSSR count). The highest BCUT2D eigenvalue weighted by Crippen LogP contribution is 2.35. The van der Waals surface area contributed by atoms with E-state index in [4.69, 9.17) is 5.73 Å². The van der Waals surface area contributed by atoms with Gasteiger partial charge in [0, 0.05) is 22.3 Å². The number of nitrogens with zero attached hydrogens (tertiary/aromatic N) is 1. The minimum Gasteiger partial charge on any atom is -0.324 e. The van der Waals surface area contributed by atoms with Crippen LogP contribution in [0.4, 0.5) is 0 Å². The molecule has 3 heteroatoms. The molecule has 1 aliphatic rings. The number of hydrogen-bond acceptors (Lipinski definition) is 2. The molecule has 1 heterocycles. The van der Waals surface area contributed by atoms with E-state index in [1.165, 1.54) is 34.0 Å². The van der Waals surface area contributed by atoms with Gasteiger partial charge in [-0.25, -0.2) is 0 Å². The molecule has 2 nitrogen and oxygen atoms in total. The molecule has 100 valence electrons. The van der Waals surface area contributed by atoms with E-state index in [1.807, 2.05) is 0 Å². The highest BCUT2D eigenvalue weighted by atomic mass is 32.2. The van der Waals surface area contributed by atoms with Crippen molar-refractivity contribution >= 4 is 11.8 Å². The number of aromatic nitrogens is 1. The van der Waals surface area contributed by atoms with Gasteiger partial charge in [-0.2, -0.15) is 0 Å². The molecule has 19 heavy (non-hydrogen) atoms. The Morgan fingerprint density at radius 2 is 2.11 bits per heavy atom. The Balaban J connectivity index is 2.20. The molecule has 1 aromatic heterocycles. The Labute approximate surface area is 119 Å². The van der Waals surface area contributed by atoms with Crippen molar-refractivity contribution in [3.8, 4) is 5.69 Å². The van der Waals surface area contributed by atoms with Crippen LogP contribution >= 0.6 is 11.8 Å². The van der Waals surface area contributed by atoms with Gasteiger partial charge < -0.3 is 10.3 Å². The van der Waals surface area contributed by atoms with Crippen LogP contribution in [0.5, 0.6) is 0 Å². The maximum atomic E-state index is 6.26. The summed E-state index contributed by atoms with van der Waals surface area (Å²) < 4.78 is 2.40. The third-order valence-electron chi connectivity index (χ3n) is 3.97. The normalized spacial score (nSPS) is 18.4. The van der Waals surface area contributed by atoms with Gasteiger partial charge in [-0.15, -0.1) is 11.8 Å². The molecule has 1 aromatic carbocycles. The van der Waals surface area contributed by atoms with Crippen molar-refractivity contribution in [1.82, 2.24) is 4.57 Å². The highest BCUT2D eigenvalue weighted by molar-refractivity contribution is 7.98. The van der Waals surface area contributed by atoms with E-state index in [0.29, 0.717) is 0 Å². The lowest BCUT2D eigenvalue weighted by Gasteiger charge is -2.22. The van der Waals surface area contributed by atoms with Gasteiger partial charge in [0.05, 0.1) is 5.69 Å². The summed E-state index contributed by atoms with van der Waals surface area (Å²) in [4.78, 5) is 1.32. The molecule has 0 amide bonds. The predicted molar refractivity (Wildman–Crippen MR) is 82.2 cm³/mol. The summed E-state index contributed by atoms with van der Waals surface area (Å²) in [5.41, 5.74) is 11.6. The number of fused-ring (bicyclic) bond motifs is 1. The van der Waals surface area contributed by atoms with E-state index in [-0.39, 0.29) is 6.04 Å². The van der Waals surface area contributed by atoms with Crippen LogP contribution in [0.25, 0.3) is 5.69 Å². The van der Waals surface area contributed by atoms with Crippen molar-refractivity contribution in [2.45, 2.75) is 37.1 Å². The smallest absolute Gasteiger partial charge is 0.0590 e. The quantitative estimate of drug-likeness (QED) is 0.842. The van der Waals surface area contributed by atoms with Crippen LogP contribution in [0.1, 0.15) is 35.8 Å². The van der Waals surface area contributed by atoms with Crippen molar-refractivity contribution < 1.29 is 0 Å². The first kappa shape index (κ1) is 12.8. The summed E-state index contributed by atoms with van der Waals surface area (Å²) in [5.74, 6) is 0. The van der Waals surface area contributed by atoms with Crippen LogP contribution in [0.2, 0.25) is 0 Å². The molecule has 0 fully saturated rings. The molecular weight excluding hydrogens is 252 g/mol. The lowest BCUT2D eigenvalue weighted by molar-refractivity contribution is 0.559. The summed E-state index contributed by atoms with van der Waals surface area (Å²) >= 11 is 1.80. The number of aryl methyl sites for hydroxylation is 1. The van der Waals surface area contributed by atoms with E-state index >= 15 is 0 Å². The molecule has 2 aromatic rings. The lowest BCUT2D eigenvalue weighted by Crippen LogP contribution is -2.18. The van der Waals surface area contributed by atoms with Gasteiger partial charge in [0.2, 0.25) is 0 Å². The largest absolute Gasteiger partial charge is 0.324 e. The lowest BCUT2D eigenvalue weighted by atomic mass is 9.93. The molecule has 0 aliphatic heterocycles. The molecule has 2 N–H and O–H groups in total. The van der Waals surface area contributed by atoms with Crippen LogP contribution in [0.3, 0.4) is 0 Å². The van der Waals surface area contributed by atoms with Gasteiger partial charge >= 0.3 is 0 Å². The number of nitrogens with two attached hydrogens (primary N) is 1. The maximum Gasteiger partial charge on any atom is 0.0590 e. The third kappa shape index (κ3) is 2.11. The third-order valence-corrected chi connectivity index (χ3v) is 4.76. The first-order valence-corrected chi connectivity index (χ1v) is 8.05. The Kier molecular flexibility index (Phi) is 3.42. The van der Waals surface area contributed by atoms with Crippen LogP contribution in [0, 0.1) is 6.92 Å². The van der Waals surface area contributed by atoms with Gasteiger partial charge in [0.15, 0.2) is 0 Å². The average molecular weight is 272 g/mol. The summed E-state index contributed by atoms with van der Waals surface area (Å²) in [6.45, 7) is 2.18. The molecule has 0 saturated carbocycles. The number of hydrogen-bond donors (Lipinski definition) is 1. The van der Waals surface area contributed by atoms with Crippen LogP contribution in [0.15, 0.2) is 35.2 Å². The highest BCUT2D eigenvalue weighted by Gasteiger charge is 2.23. The van der Waals surface area contributed by atoms with E-state index in [1.54, 1.807) is 11.8 Å². The van der Waals surface area contributed by atoms with E-state index in [0.717, 1.165) is 12.8 Å². The van der Waals surface area contributed by atoms with Crippen molar-refractivity contribution in [2.24, 2.45) is 5.73 Å². The minimum absolute atomic E-state index is 0.213. The van der Waals surface area contributed by atoms with E-state index in [9.17, 15) is 0 Å². The second-order valence-electron chi connectivity index (χ2n) is 5.19. The predicted octanol–water partition coefficient (Wildman–Crippen LogP) is 3.84. The van der Waals surface area contributed by atoms with Crippen molar-refractivity contribution in [3.63, 3.8) is 0 Å². The van der Waals surface area contributed by atoms with E-state index < -0.39 is 0 Å². The zero-order chi connectivity index (χ0) is 13.4. The van der Waals surface area contributed by atoms with Gasteiger partial charge in [-0.3, -0.25) is 0 Å². The summed E-state index contributed by atoms with van der Waals surface area (Å²) in [7, 11) is 0. The SMILES string of the molecule is CSc1ccccc1-n1c(C)cc2c1CCCC2N. The first-order chi connectivity index (χ1) is 9.22. The fourth-order valence-electron chi connectivity index (χ4n) is 3.09. The van der Waals surface area contributed by atoms with Gasteiger partial charge in [-0.05, 0) is 56.2 Å². The minimum atomic E-state index is 0.213. The monoisotopic (exact) mass is 272 g/mol. The van der Waals surface area contributed by atoms with E-state index in [2.05, 4.69) is 48.1 Å². The number of benzene rings is 1. The van der Waals surface area contributed by atoms with Gasteiger partial charge in [0.1, 0.15) is 0 Å². The zero-order valence-corrected chi connectivity index (χ0v) is 12.3. The molecule has 1 unspecified atom stereocenters. The van der Waals surface area contributed by atoms with Crippen molar-refractivity contribution in [3.05, 3.63) is 47.3 Å². The van der Waals surface area contributed by atoms with Gasteiger partial charge in [-0.1, -0.05) is 12.1 Å². The van der Waals surface area contributed by atoms with Crippen LogP contribution < -0.4 is 5.73 Å². The Morgan fingerprint density at radius 1 is 1.32 bits per heavy atom. The number of thioether (sulfide) groups is 1. The average Bonchev–Trinajstić information content (AvgIpc) is 2.76. The molecular formula is C16H20N2S. The Morgan fingerprint density at radius 3 is 2.89 bits per heavy atom. The molecule has 0 spiro atoms. The summed E-state index contributed by atoms with van der Waals surface area (Å²) in [6, 6.07) is 11.1. The summed E-state index contributed by atoms with van der Waals surface area (Å²) in [5, 5.41) is 0. The molecule has 1 aliphatic carbocycles. The second-order valence-corrected chi connectivity index (χ2v) is 6.04. The molecule has 0 radical (unpaired) electrons. The number of rotatable bonds is 2. The van der Waals surface area contributed by atoms with Crippen LogP contribution in [-0.2, 0) is 6.42 Å². The topological polar surface area (TPSA) is 30.9 Å².